The van der Waals surface area contributed by atoms with Crippen molar-refractivity contribution in [2.45, 2.75) is 50.5 Å². The van der Waals surface area contributed by atoms with Crippen LogP contribution in [0.15, 0.2) is 24.3 Å². The first kappa shape index (κ1) is 15.0. The molecule has 1 fully saturated rings. The Hall–Kier alpha value is -1.42. The molecule has 0 spiro atoms. The van der Waals surface area contributed by atoms with E-state index in [2.05, 4.69) is 0 Å². The summed E-state index contributed by atoms with van der Waals surface area (Å²) in [5, 5.41) is 8.94. The predicted octanol–water partition coefficient (Wildman–Crippen LogP) is 3.56. The first-order valence-corrected chi connectivity index (χ1v) is 7.24. The van der Waals surface area contributed by atoms with E-state index in [0.717, 1.165) is 44.1 Å². The Morgan fingerprint density at radius 2 is 1.95 bits per heavy atom. The van der Waals surface area contributed by atoms with Crippen LogP contribution in [0, 0.1) is 5.82 Å². The number of carboxylic acid groups (broad SMARTS) is 1. The third kappa shape index (κ3) is 4.30. The van der Waals surface area contributed by atoms with Crippen LogP contribution in [0.2, 0.25) is 0 Å². The molecular formula is C16H21FO3. The van der Waals surface area contributed by atoms with Crippen molar-refractivity contribution in [1.82, 2.24) is 0 Å². The van der Waals surface area contributed by atoms with Gasteiger partial charge < -0.3 is 9.84 Å². The lowest BCUT2D eigenvalue weighted by atomic mass is 10.0. The predicted molar refractivity (Wildman–Crippen MR) is 74.1 cm³/mol. The van der Waals surface area contributed by atoms with Gasteiger partial charge in [0.15, 0.2) is 5.60 Å². The Morgan fingerprint density at radius 3 is 2.60 bits per heavy atom. The summed E-state index contributed by atoms with van der Waals surface area (Å²) in [6.45, 7) is 0.363. The minimum absolute atomic E-state index is 0.175. The molecule has 4 heteroatoms. The van der Waals surface area contributed by atoms with Crippen LogP contribution in [-0.2, 0) is 16.0 Å². The number of carboxylic acids is 1. The first-order valence-electron chi connectivity index (χ1n) is 7.24. The highest BCUT2D eigenvalue weighted by atomic mass is 19.1. The van der Waals surface area contributed by atoms with E-state index < -0.39 is 11.6 Å². The van der Waals surface area contributed by atoms with Crippen molar-refractivity contribution < 1.29 is 19.0 Å². The monoisotopic (exact) mass is 280 g/mol. The zero-order valence-electron chi connectivity index (χ0n) is 11.6. The van der Waals surface area contributed by atoms with E-state index >= 15 is 0 Å². The molecule has 0 saturated carbocycles. The third-order valence-corrected chi connectivity index (χ3v) is 3.82. The van der Waals surface area contributed by atoms with Crippen LogP contribution >= 0.6 is 0 Å². The Kier molecular flexibility index (Phi) is 5.12. The van der Waals surface area contributed by atoms with Gasteiger partial charge in [-0.05, 0) is 43.4 Å². The zero-order chi connectivity index (χ0) is 14.4. The van der Waals surface area contributed by atoms with Crippen molar-refractivity contribution in [1.29, 1.82) is 0 Å². The zero-order valence-corrected chi connectivity index (χ0v) is 11.6. The second-order valence-electron chi connectivity index (χ2n) is 5.49. The summed E-state index contributed by atoms with van der Waals surface area (Å²) in [7, 11) is 0. The molecule has 1 saturated heterocycles. The molecular weight excluding hydrogens is 259 g/mol. The average molecular weight is 280 g/mol. The maximum Gasteiger partial charge on any atom is 0.338 e. The fraction of sp³-hybridized carbons (Fsp3) is 0.562. The van der Waals surface area contributed by atoms with Crippen molar-refractivity contribution in [3.05, 3.63) is 35.6 Å². The number of halogens is 1. The van der Waals surface area contributed by atoms with Gasteiger partial charge in [0, 0.05) is 0 Å². The summed E-state index contributed by atoms with van der Waals surface area (Å²) in [6, 6.07) is 6.73. The van der Waals surface area contributed by atoms with E-state index in [9.17, 15) is 9.18 Å². The third-order valence-electron chi connectivity index (χ3n) is 3.82. The van der Waals surface area contributed by atoms with Gasteiger partial charge in [-0.15, -0.1) is 0 Å². The molecule has 1 atom stereocenters. The van der Waals surface area contributed by atoms with Crippen LogP contribution < -0.4 is 0 Å². The van der Waals surface area contributed by atoms with Crippen LogP contribution in [0.1, 0.15) is 44.1 Å². The van der Waals surface area contributed by atoms with Crippen molar-refractivity contribution in [3.63, 3.8) is 0 Å². The van der Waals surface area contributed by atoms with Crippen LogP contribution in [-0.4, -0.2) is 23.3 Å². The molecule has 1 heterocycles. The molecule has 20 heavy (non-hydrogen) atoms. The van der Waals surface area contributed by atoms with Gasteiger partial charge in [0.05, 0.1) is 6.61 Å². The summed E-state index contributed by atoms with van der Waals surface area (Å²) in [6.07, 6.45) is 6.67. The largest absolute Gasteiger partial charge is 0.479 e. The van der Waals surface area contributed by atoms with Crippen molar-refractivity contribution in [2.24, 2.45) is 0 Å². The number of ether oxygens (including phenoxy) is 1. The van der Waals surface area contributed by atoms with Gasteiger partial charge in [-0.3, -0.25) is 0 Å². The topological polar surface area (TPSA) is 49.8 Å². The quantitative estimate of drug-likeness (QED) is 0.556. The van der Waals surface area contributed by atoms with E-state index in [0.29, 0.717) is 13.0 Å². The smallest absolute Gasteiger partial charge is 0.338 e. The highest BCUT2D eigenvalue weighted by Gasteiger charge is 2.51. The van der Waals surface area contributed by atoms with Gasteiger partial charge in [0.1, 0.15) is 5.82 Å². The standard InChI is InChI=1S/C16H21FO3/c17-14-9-6-8-13(11-14)7-4-2-1-3-5-10-16(12-20-16)15(18)19/h6,8-9,11H,1-5,7,10,12H2,(H,18,19). The number of unbranched alkanes of at least 4 members (excludes halogenated alkanes) is 4. The Bertz CT molecular complexity index is 455. The summed E-state index contributed by atoms with van der Waals surface area (Å²) in [5.74, 6) is -1.01. The van der Waals surface area contributed by atoms with Gasteiger partial charge in [0.2, 0.25) is 0 Å². The number of carbonyl (C=O) groups is 1. The molecule has 1 aromatic carbocycles. The van der Waals surface area contributed by atoms with Crippen molar-refractivity contribution in [3.8, 4) is 0 Å². The highest BCUT2D eigenvalue weighted by molar-refractivity contribution is 5.80. The van der Waals surface area contributed by atoms with Gasteiger partial charge in [0.25, 0.3) is 0 Å². The average Bonchev–Trinajstić information content (AvgIpc) is 3.19. The maximum atomic E-state index is 13.0. The first-order chi connectivity index (χ1) is 9.62. The summed E-state index contributed by atoms with van der Waals surface area (Å²) in [5.41, 5.74) is 0.183. The molecule has 0 aliphatic carbocycles. The Balaban J connectivity index is 1.51. The molecule has 0 amide bonds. The van der Waals surface area contributed by atoms with Gasteiger partial charge in [-0.25, -0.2) is 9.18 Å². The van der Waals surface area contributed by atoms with E-state index in [-0.39, 0.29) is 5.82 Å². The molecule has 0 aromatic heterocycles. The molecule has 1 aliphatic rings. The van der Waals surface area contributed by atoms with Crippen LogP contribution in [0.25, 0.3) is 0 Å². The molecule has 110 valence electrons. The van der Waals surface area contributed by atoms with Crippen LogP contribution in [0.4, 0.5) is 4.39 Å². The number of benzene rings is 1. The number of hydrogen-bond acceptors (Lipinski definition) is 2. The number of hydrogen-bond donors (Lipinski definition) is 1. The fourth-order valence-electron chi connectivity index (χ4n) is 2.42. The summed E-state index contributed by atoms with van der Waals surface area (Å²) < 4.78 is 18.0. The van der Waals surface area contributed by atoms with Crippen LogP contribution in [0.3, 0.4) is 0 Å². The number of rotatable bonds is 9. The second kappa shape index (κ2) is 6.84. The maximum absolute atomic E-state index is 13.0. The molecule has 2 rings (SSSR count). The summed E-state index contributed by atoms with van der Waals surface area (Å²) in [4.78, 5) is 10.9. The lowest BCUT2D eigenvalue weighted by molar-refractivity contribution is -0.143. The second-order valence-corrected chi connectivity index (χ2v) is 5.49. The van der Waals surface area contributed by atoms with E-state index in [4.69, 9.17) is 9.84 Å². The van der Waals surface area contributed by atoms with Crippen LogP contribution in [0.5, 0.6) is 0 Å². The fourth-order valence-corrected chi connectivity index (χ4v) is 2.42. The van der Waals surface area contributed by atoms with E-state index in [1.165, 1.54) is 6.07 Å². The minimum Gasteiger partial charge on any atom is -0.479 e. The number of epoxide rings is 1. The lowest BCUT2D eigenvalue weighted by Crippen LogP contribution is -2.23. The number of aryl methyl sites for hydroxylation is 1. The molecule has 3 nitrogen and oxygen atoms in total. The Morgan fingerprint density at radius 1 is 1.25 bits per heavy atom. The molecule has 1 aromatic rings. The molecule has 0 radical (unpaired) electrons. The van der Waals surface area contributed by atoms with E-state index in [1.807, 2.05) is 6.07 Å². The van der Waals surface area contributed by atoms with Gasteiger partial charge in [-0.1, -0.05) is 31.4 Å². The van der Waals surface area contributed by atoms with Crippen molar-refractivity contribution in [2.75, 3.05) is 6.61 Å². The molecule has 1 unspecified atom stereocenters. The normalized spacial score (nSPS) is 20.9. The minimum atomic E-state index is -0.860. The van der Waals surface area contributed by atoms with Crippen molar-refractivity contribution >= 4 is 5.97 Å². The van der Waals surface area contributed by atoms with E-state index in [1.54, 1.807) is 12.1 Å². The lowest BCUT2D eigenvalue weighted by Gasteiger charge is -2.06. The molecule has 1 aliphatic heterocycles. The Labute approximate surface area is 118 Å². The summed E-state index contributed by atoms with van der Waals surface area (Å²) >= 11 is 0. The van der Waals surface area contributed by atoms with Gasteiger partial charge >= 0.3 is 5.97 Å². The molecule has 0 bridgehead atoms. The van der Waals surface area contributed by atoms with Gasteiger partial charge in [-0.2, -0.15) is 0 Å². The highest BCUT2D eigenvalue weighted by Crippen LogP contribution is 2.33. The number of aliphatic carboxylic acids is 1. The SMILES string of the molecule is O=C(O)C1(CCCCCCCc2cccc(F)c2)CO1. The molecule has 1 N–H and O–H groups in total.